The Morgan fingerprint density at radius 1 is 0.929 bits per heavy atom. The molecule has 0 spiro atoms. The molecule has 7 heteroatoms. The van der Waals surface area contributed by atoms with Crippen molar-refractivity contribution in [2.45, 2.75) is 6.54 Å². The summed E-state index contributed by atoms with van der Waals surface area (Å²) >= 11 is 5.98. The Kier molecular flexibility index (Phi) is 7.23. The predicted molar refractivity (Wildman–Crippen MR) is 110 cm³/mol. The van der Waals surface area contributed by atoms with Crippen LogP contribution in [0.15, 0.2) is 36.4 Å². The Morgan fingerprint density at radius 2 is 1.57 bits per heavy atom. The molecule has 5 nitrogen and oxygen atoms in total. The third kappa shape index (κ3) is 5.00. The smallest absolute Gasteiger partial charge is 0.164 e. The molecule has 0 unspecified atom stereocenters. The number of nitrogens with zero attached hydrogens (tertiary/aromatic N) is 2. The maximum absolute atomic E-state index is 12.6. The second-order valence-corrected chi connectivity index (χ2v) is 7.03. The van der Waals surface area contributed by atoms with Crippen molar-refractivity contribution < 1.29 is 18.6 Å². The summed E-state index contributed by atoms with van der Waals surface area (Å²) in [5.41, 5.74) is 2.15. The second-order valence-electron chi connectivity index (χ2n) is 6.59. The van der Waals surface area contributed by atoms with E-state index in [0.717, 1.165) is 36.8 Å². The second kappa shape index (κ2) is 9.85. The van der Waals surface area contributed by atoms with E-state index in [1.165, 1.54) is 5.69 Å². The lowest BCUT2D eigenvalue weighted by atomic mass is 10.1. The average molecular weight is 408 g/mol. The molecule has 0 saturated carbocycles. The van der Waals surface area contributed by atoms with Gasteiger partial charge in [-0.2, -0.15) is 0 Å². The Morgan fingerprint density at radius 3 is 2.18 bits per heavy atom. The molecule has 0 bridgehead atoms. The lowest BCUT2D eigenvalue weighted by Crippen LogP contribution is -2.46. The molecule has 1 aliphatic rings. The first-order valence-electron chi connectivity index (χ1n) is 9.31. The quantitative estimate of drug-likeness (QED) is 0.660. The van der Waals surface area contributed by atoms with E-state index < -0.39 is 6.67 Å². The fourth-order valence-electron chi connectivity index (χ4n) is 3.37. The van der Waals surface area contributed by atoms with Gasteiger partial charge >= 0.3 is 0 Å². The number of methoxy groups -OCH3 is 2. The van der Waals surface area contributed by atoms with E-state index >= 15 is 0 Å². The van der Waals surface area contributed by atoms with E-state index in [2.05, 4.69) is 21.9 Å². The van der Waals surface area contributed by atoms with Gasteiger partial charge in [-0.15, -0.1) is 0 Å². The predicted octanol–water partition coefficient (Wildman–Crippen LogP) is 4.03. The number of benzene rings is 2. The van der Waals surface area contributed by atoms with Crippen LogP contribution in [0.25, 0.3) is 0 Å². The first kappa shape index (κ1) is 20.6. The molecule has 0 aliphatic carbocycles. The highest BCUT2D eigenvalue weighted by molar-refractivity contribution is 6.30. The van der Waals surface area contributed by atoms with Crippen molar-refractivity contribution in [3.63, 3.8) is 0 Å². The molecule has 1 fully saturated rings. The summed E-state index contributed by atoms with van der Waals surface area (Å²) in [6.07, 6.45) is 0. The molecule has 2 aromatic carbocycles. The maximum Gasteiger partial charge on any atom is 0.164 e. The van der Waals surface area contributed by atoms with Crippen LogP contribution >= 0.6 is 11.6 Å². The van der Waals surface area contributed by atoms with Crippen LogP contribution in [0.2, 0.25) is 5.02 Å². The molecule has 0 amide bonds. The first-order valence-corrected chi connectivity index (χ1v) is 9.69. The van der Waals surface area contributed by atoms with Crippen molar-refractivity contribution in [2.75, 3.05) is 58.6 Å². The van der Waals surface area contributed by atoms with Gasteiger partial charge in [-0.1, -0.05) is 11.6 Å². The lowest BCUT2D eigenvalue weighted by Gasteiger charge is -2.36. The highest BCUT2D eigenvalue weighted by Gasteiger charge is 2.20. The van der Waals surface area contributed by atoms with Gasteiger partial charge in [0.15, 0.2) is 11.5 Å². The third-order valence-corrected chi connectivity index (χ3v) is 5.11. The molecule has 1 aliphatic heterocycles. The Balaban J connectivity index is 1.68. The lowest BCUT2D eigenvalue weighted by molar-refractivity contribution is 0.235. The van der Waals surface area contributed by atoms with Crippen LogP contribution in [0.5, 0.6) is 17.2 Å². The summed E-state index contributed by atoms with van der Waals surface area (Å²) in [5, 5.41) is 0.747. The number of ether oxygens (including phenoxy) is 3. The zero-order valence-electron chi connectivity index (χ0n) is 16.3. The molecule has 3 rings (SSSR count). The van der Waals surface area contributed by atoms with Crippen LogP contribution < -0.4 is 19.1 Å². The molecule has 0 atom stereocenters. The highest BCUT2D eigenvalue weighted by Crippen LogP contribution is 2.35. The number of anilines is 1. The molecule has 0 N–H and O–H groups in total. The molecule has 2 aromatic rings. The van der Waals surface area contributed by atoms with Gasteiger partial charge in [0.2, 0.25) is 0 Å². The Labute approximate surface area is 170 Å². The molecule has 28 heavy (non-hydrogen) atoms. The third-order valence-electron chi connectivity index (χ3n) is 4.86. The van der Waals surface area contributed by atoms with Crippen LogP contribution in [-0.2, 0) is 6.54 Å². The zero-order chi connectivity index (χ0) is 19.9. The van der Waals surface area contributed by atoms with E-state index in [-0.39, 0.29) is 6.61 Å². The van der Waals surface area contributed by atoms with Crippen molar-refractivity contribution in [1.82, 2.24) is 4.90 Å². The molecule has 0 radical (unpaired) electrons. The number of hydrogen-bond acceptors (Lipinski definition) is 5. The number of rotatable bonds is 8. The number of piperazine rings is 1. The first-order chi connectivity index (χ1) is 13.6. The summed E-state index contributed by atoms with van der Waals surface area (Å²) in [5.74, 6) is 1.85. The van der Waals surface area contributed by atoms with Gasteiger partial charge in [-0.05, 0) is 30.3 Å². The van der Waals surface area contributed by atoms with Gasteiger partial charge in [0, 0.05) is 55.1 Å². The fourth-order valence-corrected chi connectivity index (χ4v) is 3.49. The summed E-state index contributed by atoms with van der Waals surface area (Å²) in [7, 11) is 3.18. The van der Waals surface area contributed by atoms with Crippen LogP contribution in [0.1, 0.15) is 5.56 Å². The summed E-state index contributed by atoms with van der Waals surface area (Å²) in [6, 6.07) is 11.6. The molecule has 152 valence electrons. The standard InChI is InChI=1S/C21H26ClFN2O3/c1-26-20-13-16(19(28-12-7-23)14-21(20)27-2)15-24-8-10-25(11-9-24)18-5-3-17(22)4-6-18/h3-6,13-14H,7-12,15H2,1-2H3/i23-1. The van der Waals surface area contributed by atoms with Crippen molar-refractivity contribution in [2.24, 2.45) is 0 Å². The molecule has 1 heterocycles. The van der Waals surface area contributed by atoms with E-state index in [1.807, 2.05) is 18.2 Å². The van der Waals surface area contributed by atoms with Crippen LogP contribution in [0.3, 0.4) is 0 Å². The van der Waals surface area contributed by atoms with Gasteiger partial charge in [0.1, 0.15) is 19.0 Å². The fraction of sp³-hybridized carbons (Fsp3) is 0.429. The van der Waals surface area contributed by atoms with Gasteiger partial charge < -0.3 is 19.1 Å². The molecule has 0 aromatic heterocycles. The minimum absolute atomic E-state index is 0.0207. The minimum atomic E-state index is -0.534. The van der Waals surface area contributed by atoms with Crippen molar-refractivity contribution in [1.29, 1.82) is 0 Å². The Hall–Kier alpha value is -2.18. The van der Waals surface area contributed by atoms with Crippen LogP contribution in [0.4, 0.5) is 10.1 Å². The Bertz CT molecular complexity index is 765. The van der Waals surface area contributed by atoms with Crippen molar-refractivity contribution in [3.05, 3.63) is 47.0 Å². The molecule has 1 saturated heterocycles. The number of halogens is 2. The van der Waals surface area contributed by atoms with E-state index in [0.29, 0.717) is 23.8 Å². The number of hydrogen-bond donors (Lipinski definition) is 0. The van der Waals surface area contributed by atoms with Crippen molar-refractivity contribution >= 4 is 17.3 Å². The van der Waals surface area contributed by atoms with E-state index in [9.17, 15) is 4.39 Å². The summed E-state index contributed by atoms with van der Waals surface area (Å²) < 4.78 is 29.0. The molecular weight excluding hydrogens is 382 g/mol. The SMILES string of the molecule is COc1cc(CN2CCN(c3ccc(Cl)cc3)CC2)c(OCC[18F])cc1OC. The van der Waals surface area contributed by atoms with Crippen molar-refractivity contribution in [3.8, 4) is 17.2 Å². The van der Waals surface area contributed by atoms with Crippen LogP contribution in [-0.4, -0.2) is 58.6 Å². The average Bonchev–Trinajstić information content (AvgIpc) is 2.73. The highest BCUT2D eigenvalue weighted by atomic mass is 35.5. The largest absolute Gasteiger partial charge is 0.493 e. The van der Waals surface area contributed by atoms with E-state index in [1.54, 1.807) is 20.3 Å². The van der Waals surface area contributed by atoms with Gasteiger partial charge in [0.05, 0.1) is 14.2 Å². The minimum Gasteiger partial charge on any atom is -0.493 e. The van der Waals surface area contributed by atoms with Gasteiger partial charge in [-0.25, -0.2) is 4.39 Å². The van der Waals surface area contributed by atoms with Gasteiger partial charge in [-0.3, -0.25) is 4.90 Å². The monoisotopic (exact) mass is 407 g/mol. The van der Waals surface area contributed by atoms with Gasteiger partial charge in [0.25, 0.3) is 0 Å². The van der Waals surface area contributed by atoms with E-state index in [4.69, 9.17) is 25.8 Å². The normalized spacial score (nSPS) is 14.8. The number of alkyl halides is 1. The summed E-state index contributed by atoms with van der Waals surface area (Å²) in [4.78, 5) is 4.71. The molecular formula is C21H26ClFN2O3. The topological polar surface area (TPSA) is 34.2 Å². The zero-order valence-corrected chi connectivity index (χ0v) is 17.0. The van der Waals surface area contributed by atoms with Crippen LogP contribution in [0, 0.1) is 0 Å². The maximum atomic E-state index is 12.6. The summed E-state index contributed by atoms with van der Waals surface area (Å²) in [6.45, 7) is 3.88.